The summed E-state index contributed by atoms with van der Waals surface area (Å²) < 4.78 is 45.1. The Morgan fingerprint density at radius 2 is 1.90 bits per heavy atom. The molecule has 3 aromatic heterocycles. The average Bonchev–Trinajstić information content (AvgIpc) is 3.06. The lowest BCUT2D eigenvalue weighted by molar-refractivity contribution is -0.140. The van der Waals surface area contributed by atoms with Crippen molar-refractivity contribution in [2.75, 3.05) is 5.73 Å². The summed E-state index contributed by atoms with van der Waals surface area (Å²) >= 11 is 0. The van der Waals surface area contributed by atoms with Gasteiger partial charge in [-0.2, -0.15) is 23.0 Å². The maximum Gasteiger partial charge on any atom is 0.436 e. The van der Waals surface area contributed by atoms with Crippen LogP contribution in [-0.2, 0) is 6.18 Å². The van der Waals surface area contributed by atoms with Gasteiger partial charge >= 0.3 is 6.18 Å². The molecule has 108 valence electrons. The summed E-state index contributed by atoms with van der Waals surface area (Å²) in [7, 11) is 0. The topological polar surface area (TPSA) is 95.7 Å². The van der Waals surface area contributed by atoms with Gasteiger partial charge in [0.15, 0.2) is 17.8 Å². The summed E-state index contributed by atoms with van der Waals surface area (Å²) in [5.74, 6) is -0.501. The van der Waals surface area contributed by atoms with Crippen LogP contribution in [0.1, 0.15) is 5.69 Å². The van der Waals surface area contributed by atoms with Crippen molar-refractivity contribution in [3.8, 4) is 17.3 Å². The molecule has 0 aromatic carbocycles. The number of nitrogens with zero attached hydrogens (tertiary/aromatic N) is 5. The SMILES string of the molecule is Nc1c(-c2cnco2)c(C(F)(F)F)nn1-c1ncccn1. The molecule has 2 N–H and O–H groups in total. The van der Waals surface area contributed by atoms with Gasteiger partial charge < -0.3 is 10.2 Å². The summed E-state index contributed by atoms with van der Waals surface area (Å²) in [6.07, 6.45) is 0.149. The number of alkyl halides is 3. The number of nitrogen functional groups attached to an aromatic ring is 1. The van der Waals surface area contributed by atoms with Crippen molar-refractivity contribution in [2.24, 2.45) is 0 Å². The Kier molecular flexibility index (Phi) is 2.85. The van der Waals surface area contributed by atoms with Crippen LogP contribution in [0.3, 0.4) is 0 Å². The fourth-order valence-electron chi connectivity index (χ4n) is 1.76. The van der Waals surface area contributed by atoms with E-state index in [1.165, 1.54) is 18.5 Å². The van der Waals surface area contributed by atoms with E-state index in [1.807, 2.05) is 0 Å². The van der Waals surface area contributed by atoms with Crippen LogP contribution in [-0.4, -0.2) is 24.7 Å². The molecule has 0 unspecified atom stereocenters. The van der Waals surface area contributed by atoms with Gasteiger partial charge in [-0.05, 0) is 6.07 Å². The molecule has 0 saturated carbocycles. The van der Waals surface area contributed by atoms with Gasteiger partial charge in [0.1, 0.15) is 5.82 Å². The predicted octanol–water partition coefficient (Wildman–Crippen LogP) is 1.92. The number of aromatic nitrogens is 5. The summed E-state index contributed by atoms with van der Waals surface area (Å²) in [4.78, 5) is 11.2. The van der Waals surface area contributed by atoms with E-state index in [0.29, 0.717) is 0 Å². The van der Waals surface area contributed by atoms with Crippen LogP contribution in [0.2, 0.25) is 0 Å². The highest BCUT2D eigenvalue weighted by Crippen LogP contribution is 2.40. The van der Waals surface area contributed by atoms with E-state index in [9.17, 15) is 13.2 Å². The van der Waals surface area contributed by atoms with Crippen LogP contribution in [0.25, 0.3) is 17.3 Å². The third kappa shape index (κ3) is 2.20. The van der Waals surface area contributed by atoms with E-state index >= 15 is 0 Å². The smallest absolute Gasteiger partial charge is 0.436 e. The molecule has 0 spiro atoms. The molecular formula is C11H7F3N6O. The van der Waals surface area contributed by atoms with Gasteiger partial charge in [-0.15, -0.1) is 0 Å². The third-order valence-electron chi connectivity index (χ3n) is 2.61. The van der Waals surface area contributed by atoms with E-state index in [4.69, 9.17) is 10.2 Å². The Bertz CT molecular complexity index is 750. The molecule has 3 aromatic rings. The van der Waals surface area contributed by atoms with Gasteiger partial charge in [-0.25, -0.2) is 15.0 Å². The molecule has 0 aliphatic heterocycles. The van der Waals surface area contributed by atoms with E-state index < -0.39 is 17.4 Å². The number of hydrogen-bond acceptors (Lipinski definition) is 6. The maximum absolute atomic E-state index is 13.1. The summed E-state index contributed by atoms with van der Waals surface area (Å²) in [6, 6.07) is 1.52. The van der Waals surface area contributed by atoms with Crippen LogP contribution in [0.15, 0.2) is 35.5 Å². The zero-order valence-corrected chi connectivity index (χ0v) is 10.2. The zero-order chi connectivity index (χ0) is 15.0. The van der Waals surface area contributed by atoms with Crippen LogP contribution in [0.4, 0.5) is 19.0 Å². The summed E-state index contributed by atoms with van der Waals surface area (Å²) in [5, 5.41) is 3.46. The van der Waals surface area contributed by atoms with Gasteiger partial charge in [-0.3, -0.25) is 0 Å². The quantitative estimate of drug-likeness (QED) is 0.776. The minimum Gasteiger partial charge on any atom is -0.443 e. The fourth-order valence-corrected chi connectivity index (χ4v) is 1.76. The molecule has 0 aliphatic rings. The molecule has 3 heterocycles. The number of nitrogens with two attached hydrogens (primary N) is 1. The highest BCUT2D eigenvalue weighted by atomic mass is 19.4. The lowest BCUT2D eigenvalue weighted by atomic mass is 10.2. The van der Waals surface area contributed by atoms with Crippen LogP contribution in [0.5, 0.6) is 0 Å². The van der Waals surface area contributed by atoms with Crippen molar-refractivity contribution < 1.29 is 17.6 Å². The first-order valence-electron chi connectivity index (χ1n) is 5.60. The average molecular weight is 296 g/mol. The number of hydrogen-bond donors (Lipinski definition) is 1. The molecule has 0 atom stereocenters. The molecule has 0 radical (unpaired) electrons. The molecule has 0 saturated heterocycles. The standard InChI is InChI=1S/C11H7F3N6O/c12-11(13,14)8-7(6-4-16-5-21-6)9(15)20(19-8)10-17-2-1-3-18-10/h1-5H,15H2. The predicted molar refractivity (Wildman–Crippen MR) is 64.1 cm³/mol. The van der Waals surface area contributed by atoms with E-state index in [2.05, 4.69) is 20.1 Å². The lowest BCUT2D eigenvalue weighted by Crippen LogP contribution is -2.09. The second-order valence-corrected chi connectivity index (χ2v) is 3.93. The summed E-state index contributed by atoms with van der Waals surface area (Å²) in [5.41, 5.74) is 4.17. The second-order valence-electron chi connectivity index (χ2n) is 3.93. The van der Waals surface area contributed by atoms with Gasteiger partial charge in [0.25, 0.3) is 5.95 Å². The highest BCUT2D eigenvalue weighted by Gasteiger charge is 2.40. The van der Waals surface area contributed by atoms with Crippen molar-refractivity contribution in [1.82, 2.24) is 24.7 Å². The van der Waals surface area contributed by atoms with Crippen molar-refractivity contribution in [1.29, 1.82) is 0 Å². The van der Waals surface area contributed by atoms with E-state index in [-0.39, 0.29) is 17.5 Å². The first-order chi connectivity index (χ1) is 9.98. The Hall–Kier alpha value is -2.91. The zero-order valence-electron chi connectivity index (χ0n) is 10.2. The minimum absolute atomic E-state index is 0.0775. The molecule has 10 heteroatoms. The normalized spacial score (nSPS) is 11.8. The highest BCUT2D eigenvalue weighted by molar-refractivity contribution is 5.73. The van der Waals surface area contributed by atoms with E-state index in [0.717, 1.165) is 17.3 Å². The molecular weight excluding hydrogens is 289 g/mol. The van der Waals surface area contributed by atoms with Gasteiger partial charge in [-0.1, -0.05) is 0 Å². The third-order valence-corrected chi connectivity index (χ3v) is 2.61. The van der Waals surface area contributed by atoms with Crippen LogP contribution < -0.4 is 5.73 Å². The van der Waals surface area contributed by atoms with Crippen LogP contribution in [0, 0.1) is 0 Å². The largest absolute Gasteiger partial charge is 0.443 e. The first-order valence-corrected chi connectivity index (χ1v) is 5.60. The number of halogens is 3. The fraction of sp³-hybridized carbons (Fsp3) is 0.0909. The maximum atomic E-state index is 13.1. The Morgan fingerprint density at radius 1 is 1.19 bits per heavy atom. The number of rotatable bonds is 2. The molecule has 0 bridgehead atoms. The van der Waals surface area contributed by atoms with Crippen molar-refractivity contribution >= 4 is 5.82 Å². The molecule has 7 nitrogen and oxygen atoms in total. The van der Waals surface area contributed by atoms with E-state index in [1.54, 1.807) is 0 Å². The second kappa shape index (κ2) is 4.58. The monoisotopic (exact) mass is 296 g/mol. The first kappa shape index (κ1) is 13.1. The lowest BCUT2D eigenvalue weighted by Gasteiger charge is -2.03. The minimum atomic E-state index is -4.71. The Balaban J connectivity index is 2.26. The molecule has 3 rings (SSSR count). The summed E-state index contributed by atoms with van der Waals surface area (Å²) in [6.45, 7) is 0. The van der Waals surface area contributed by atoms with Gasteiger partial charge in [0.05, 0.1) is 11.8 Å². The molecule has 0 aliphatic carbocycles. The van der Waals surface area contributed by atoms with Crippen molar-refractivity contribution in [3.63, 3.8) is 0 Å². The van der Waals surface area contributed by atoms with Gasteiger partial charge in [0.2, 0.25) is 0 Å². The molecule has 21 heavy (non-hydrogen) atoms. The molecule has 0 amide bonds. The number of oxazole rings is 1. The van der Waals surface area contributed by atoms with Crippen molar-refractivity contribution in [3.05, 3.63) is 36.7 Å². The Morgan fingerprint density at radius 3 is 2.48 bits per heavy atom. The number of anilines is 1. The van der Waals surface area contributed by atoms with Crippen molar-refractivity contribution in [2.45, 2.75) is 6.18 Å². The Labute approximate surface area is 115 Å². The van der Waals surface area contributed by atoms with Crippen LogP contribution >= 0.6 is 0 Å². The molecule has 0 fully saturated rings. The van der Waals surface area contributed by atoms with Gasteiger partial charge in [0, 0.05) is 12.4 Å².